The molecule has 3 rings (SSSR count). The van der Waals surface area contributed by atoms with Crippen LogP contribution in [0.2, 0.25) is 15.1 Å². The van der Waals surface area contributed by atoms with Gasteiger partial charge in [-0.3, -0.25) is 9.59 Å². The maximum absolute atomic E-state index is 13.7. The number of nitrogens with zero attached hydrogens (tertiary/aromatic N) is 1. The second-order valence-corrected chi connectivity index (χ2v) is 9.65. The molecule has 0 aromatic heterocycles. The van der Waals surface area contributed by atoms with Gasteiger partial charge in [-0.05, 0) is 54.8 Å². The Morgan fingerprint density at radius 3 is 2.09 bits per heavy atom. The van der Waals surface area contributed by atoms with Crippen molar-refractivity contribution in [3.05, 3.63) is 105 Å². The van der Waals surface area contributed by atoms with Crippen LogP contribution in [-0.4, -0.2) is 28.8 Å². The van der Waals surface area contributed by atoms with Gasteiger partial charge in [-0.15, -0.1) is 0 Å². The summed E-state index contributed by atoms with van der Waals surface area (Å²) < 4.78 is 0. The van der Waals surface area contributed by atoms with Crippen molar-refractivity contribution >= 4 is 46.6 Å². The van der Waals surface area contributed by atoms with Crippen LogP contribution in [0, 0.1) is 0 Å². The van der Waals surface area contributed by atoms with E-state index in [9.17, 15) is 9.59 Å². The van der Waals surface area contributed by atoms with Crippen molar-refractivity contribution in [1.29, 1.82) is 0 Å². The van der Waals surface area contributed by atoms with Gasteiger partial charge >= 0.3 is 0 Å². The van der Waals surface area contributed by atoms with E-state index in [1.54, 1.807) is 35.2 Å². The molecule has 1 unspecified atom stereocenters. The molecule has 3 aromatic rings. The van der Waals surface area contributed by atoms with Crippen LogP contribution in [0.5, 0.6) is 0 Å². The fraction of sp³-hybridized carbons (Fsp3) is 0.259. The highest BCUT2D eigenvalue weighted by Crippen LogP contribution is 2.26. The van der Waals surface area contributed by atoms with Crippen LogP contribution in [0.1, 0.15) is 30.5 Å². The quantitative estimate of drug-likeness (QED) is 0.359. The molecule has 1 N–H and O–H groups in total. The Balaban J connectivity index is 2.01. The average molecular weight is 518 g/mol. The van der Waals surface area contributed by atoms with Crippen LogP contribution >= 0.6 is 34.8 Å². The molecule has 4 nitrogen and oxygen atoms in total. The molecule has 0 radical (unpaired) electrons. The number of carbonyl (C=O) groups is 2. The standard InChI is InChI=1S/C27H27Cl3N2O2/c1-18(2)31-27(34)25(15-19-8-4-3-5-9-19)32(17-20-10-6-11-21(28)14-20)26(33)16-22-23(29)12-7-13-24(22)30/h3-14,18,25H,15-17H2,1-2H3,(H,31,34). The normalized spacial score (nSPS) is 11.8. The molecule has 178 valence electrons. The Bertz CT molecular complexity index is 1120. The topological polar surface area (TPSA) is 49.4 Å². The van der Waals surface area contributed by atoms with Crippen LogP contribution in [-0.2, 0) is 29.0 Å². The van der Waals surface area contributed by atoms with Gasteiger partial charge in [0.15, 0.2) is 0 Å². The van der Waals surface area contributed by atoms with E-state index >= 15 is 0 Å². The summed E-state index contributed by atoms with van der Waals surface area (Å²) in [4.78, 5) is 28.7. The van der Waals surface area contributed by atoms with Gasteiger partial charge < -0.3 is 10.2 Å². The van der Waals surface area contributed by atoms with Gasteiger partial charge in [0.1, 0.15) is 6.04 Å². The summed E-state index contributed by atoms with van der Waals surface area (Å²) in [5.74, 6) is -0.478. The van der Waals surface area contributed by atoms with Gasteiger partial charge in [-0.2, -0.15) is 0 Å². The summed E-state index contributed by atoms with van der Waals surface area (Å²) in [6.45, 7) is 4.00. The van der Waals surface area contributed by atoms with Gasteiger partial charge in [0.05, 0.1) is 6.42 Å². The van der Waals surface area contributed by atoms with Crippen molar-refractivity contribution in [2.45, 2.75) is 45.3 Å². The third kappa shape index (κ3) is 7.23. The predicted molar refractivity (Wildman–Crippen MR) is 139 cm³/mol. The van der Waals surface area contributed by atoms with Crippen LogP contribution < -0.4 is 5.32 Å². The zero-order valence-corrected chi connectivity index (χ0v) is 21.4. The van der Waals surface area contributed by atoms with Gasteiger partial charge in [-0.1, -0.05) is 83.3 Å². The number of amides is 2. The molecule has 0 aliphatic rings. The summed E-state index contributed by atoms with van der Waals surface area (Å²) in [5.41, 5.74) is 2.31. The number of carbonyl (C=O) groups excluding carboxylic acids is 2. The molecule has 34 heavy (non-hydrogen) atoms. The third-order valence-electron chi connectivity index (χ3n) is 5.33. The molecule has 0 aliphatic heterocycles. The van der Waals surface area contributed by atoms with E-state index in [4.69, 9.17) is 34.8 Å². The number of nitrogens with one attached hydrogen (secondary N) is 1. The number of halogens is 3. The van der Waals surface area contributed by atoms with Crippen LogP contribution in [0.25, 0.3) is 0 Å². The fourth-order valence-corrected chi connectivity index (χ4v) is 4.46. The maximum atomic E-state index is 13.7. The molecule has 0 aliphatic carbocycles. The molecule has 1 atom stereocenters. The molecule has 0 spiro atoms. The molecule has 0 heterocycles. The molecule has 0 saturated heterocycles. The first-order chi connectivity index (χ1) is 16.2. The van der Waals surface area contributed by atoms with Crippen LogP contribution in [0.4, 0.5) is 0 Å². The molecular formula is C27H27Cl3N2O2. The summed E-state index contributed by atoms with van der Waals surface area (Å²) in [6, 6.07) is 21.2. The highest BCUT2D eigenvalue weighted by molar-refractivity contribution is 6.36. The Morgan fingerprint density at radius 1 is 0.853 bits per heavy atom. The first-order valence-electron chi connectivity index (χ1n) is 11.1. The van der Waals surface area contributed by atoms with Crippen molar-refractivity contribution in [1.82, 2.24) is 10.2 Å². The van der Waals surface area contributed by atoms with Crippen molar-refractivity contribution in [3.8, 4) is 0 Å². The lowest BCUT2D eigenvalue weighted by atomic mass is 10.0. The summed E-state index contributed by atoms with van der Waals surface area (Å²) in [5, 5.41) is 4.36. The molecular weight excluding hydrogens is 491 g/mol. The first-order valence-corrected chi connectivity index (χ1v) is 12.2. The van der Waals surface area contributed by atoms with Crippen LogP contribution in [0.3, 0.4) is 0 Å². The summed E-state index contributed by atoms with van der Waals surface area (Å²) in [7, 11) is 0. The summed E-state index contributed by atoms with van der Waals surface area (Å²) >= 11 is 18.9. The van der Waals surface area contributed by atoms with Crippen LogP contribution in [0.15, 0.2) is 72.8 Å². The van der Waals surface area contributed by atoms with E-state index in [1.807, 2.05) is 56.3 Å². The number of rotatable bonds is 9. The molecule has 0 bridgehead atoms. The Morgan fingerprint density at radius 2 is 1.47 bits per heavy atom. The first kappa shape index (κ1) is 26.1. The van der Waals surface area contributed by atoms with Crippen molar-refractivity contribution in [3.63, 3.8) is 0 Å². The summed E-state index contributed by atoms with van der Waals surface area (Å²) in [6.07, 6.45) is 0.335. The van der Waals surface area contributed by atoms with Crippen molar-refractivity contribution < 1.29 is 9.59 Å². The number of benzene rings is 3. The maximum Gasteiger partial charge on any atom is 0.243 e. The minimum atomic E-state index is -0.738. The average Bonchev–Trinajstić information content (AvgIpc) is 2.79. The van der Waals surface area contributed by atoms with E-state index in [0.29, 0.717) is 27.1 Å². The lowest BCUT2D eigenvalue weighted by Crippen LogP contribution is -2.52. The SMILES string of the molecule is CC(C)NC(=O)C(Cc1ccccc1)N(Cc1cccc(Cl)c1)C(=O)Cc1c(Cl)cccc1Cl. The van der Waals surface area contributed by atoms with E-state index < -0.39 is 6.04 Å². The zero-order valence-electron chi connectivity index (χ0n) is 19.1. The van der Waals surface area contributed by atoms with Gasteiger partial charge in [0.2, 0.25) is 11.8 Å². The highest BCUT2D eigenvalue weighted by Gasteiger charge is 2.31. The van der Waals surface area contributed by atoms with Gasteiger partial charge in [0, 0.05) is 34.1 Å². The zero-order chi connectivity index (χ0) is 24.7. The third-order valence-corrected chi connectivity index (χ3v) is 6.28. The van der Waals surface area contributed by atoms with E-state index in [2.05, 4.69) is 5.32 Å². The lowest BCUT2D eigenvalue weighted by Gasteiger charge is -2.32. The molecule has 7 heteroatoms. The van der Waals surface area contributed by atoms with Crippen molar-refractivity contribution in [2.75, 3.05) is 0 Å². The Kier molecular flexibility index (Phi) is 9.40. The highest BCUT2D eigenvalue weighted by atomic mass is 35.5. The Hall–Kier alpha value is -2.53. The number of hydrogen-bond donors (Lipinski definition) is 1. The predicted octanol–water partition coefficient (Wildman–Crippen LogP) is 6.35. The fourth-order valence-electron chi connectivity index (χ4n) is 3.72. The van der Waals surface area contributed by atoms with Gasteiger partial charge in [-0.25, -0.2) is 0 Å². The Labute approximate surface area is 215 Å². The lowest BCUT2D eigenvalue weighted by molar-refractivity contribution is -0.141. The van der Waals surface area contributed by atoms with Gasteiger partial charge in [0.25, 0.3) is 0 Å². The smallest absolute Gasteiger partial charge is 0.243 e. The second-order valence-electron chi connectivity index (χ2n) is 8.40. The molecule has 0 fully saturated rings. The molecule has 2 amide bonds. The minimum Gasteiger partial charge on any atom is -0.352 e. The molecule has 0 saturated carbocycles. The van der Waals surface area contributed by atoms with E-state index in [1.165, 1.54) is 0 Å². The van der Waals surface area contributed by atoms with E-state index in [0.717, 1.165) is 11.1 Å². The molecule has 3 aromatic carbocycles. The largest absolute Gasteiger partial charge is 0.352 e. The number of hydrogen-bond acceptors (Lipinski definition) is 2. The van der Waals surface area contributed by atoms with Crippen molar-refractivity contribution in [2.24, 2.45) is 0 Å². The van der Waals surface area contributed by atoms with E-state index in [-0.39, 0.29) is 30.8 Å². The second kappa shape index (κ2) is 12.3. The minimum absolute atomic E-state index is 0.0285. The monoisotopic (exact) mass is 516 g/mol.